The molecule has 22 heavy (non-hydrogen) atoms. The Morgan fingerprint density at radius 1 is 1.50 bits per heavy atom. The zero-order valence-electron chi connectivity index (χ0n) is 14.1. The van der Waals surface area contributed by atoms with Crippen molar-refractivity contribution in [1.29, 1.82) is 0 Å². The summed E-state index contributed by atoms with van der Waals surface area (Å²) in [6, 6.07) is 0.00174. The lowest BCUT2D eigenvalue weighted by Gasteiger charge is -2.39. The van der Waals surface area contributed by atoms with Crippen LogP contribution in [0.5, 0.6) is 0 Å². The van der Waals surface area contributed by atoms with E-state index in [1.54, 1.807) is 6.92 Å². The van der Waals surface area contributed by atoms with Crippen LogP contribution >= 0.6 is 0 Å². The Bertz CT molecular complexity index is 440. The first-order valence-electron chi connectivity index (χ1n) is 7.95. The maximum atomic E-state index is 11.8. The van der Waals surface area contributed by atoms with E-state index in [4.69, 9.17) is 9.84 Å². The second-order valence-corrected chi connectivity index (χ2v) is 6.20. The maximum absolute atomic E-state index is 11.8. The predicted octanol–water partition coefficient (Wildman–Crippen LogP) is 2.74. The first-order chi connectivity index (χ1) is 10.3. The molecule has 1 unspecified atom stereocenters. The van der Waals surface area contributed by atoms with Crippen molar-refractivity contribution in [3.63, 3.8) is 0 Å². The fraction of sp³-hybridized carbons (Fsp3) is 0.611. The molecular formula is C18H29NO3. The van der Waals surface area contributed by atoms with Gasteiger partial charge >= 0.3 is 0 Å². The third kappa shape index (κ3) is 6.16. The summed E-state index contributed by atoms with van der Waals surface area (Å²) in [5.74, 6) is 0.186. The molecule has 0 aromatic carbocycles. The standard InChI is InChI=1S/C18H29NO3/c1-6-12(2)7-9-17-13(3)11-16(15(5)22-17)19-18(21)10-8-14(4)20/h6-8,10,13-17,20H,1,9,11H2,2-5H3,(H,19,21)/b10-8-,12-7+/t13-,14?,15+,16+,17-/m0/s1. The summed E-state index contributed by atoms with van der Waals surface area (Å²) < 4.78 is 6.07. The SMILES string of the molecule is C=C/C(C)=C/C[C@@H]1O[C@H](C)[C@H](NC(=O)/C=C\C(C)O)C[C@@H]1C. The van der Waals surface area contributed by atoms with Crippen LogP contribution in [0.15, 0.2) is 36.5 Å². The first kappa shape index (κ1) is 18.7. The molecule has 4 nitrogen and oxygen atoms in total. The normalized spacial score (nSPS) is 31.0. The molecule has 0 aliphatic carbocycles. The zero-order valence-corrected chi connectivity index (χ0v) is 14.1. The third-order valence-electron chi connectivity index (χ3n) is 4.06. The molecule has 1 heterocycles. The molecule has 124 valence electrons. The highest BCUT2D eigenvalue weighted by molar-refractivity contribution is 5.87. The smallest absolute Gasteiger partial charge is 0.244 e. The Morgan fingerprint density at radius 2 is 2.18 bits per heavy atom. The van der Waals surface area contributed by atoms with Crippen LogP contribution in [0.4, 0.5) is 0 Å². The maximum Gasteiger partial charge on any atom is 0.244 e. The highest BCUT2D eigenvalue weighted by Gasteiger charge is 2.33. The van der Waals surface area contributed by atoms with E-state index < -0.39 is 6.10 Å². The van der Waals surface area contributed by atoms with Gasteiger partial charge in [0.15, 0.2) is 0 Å². The van der Waals surface area contributed by atoms with Crippen LogP contribution in [0.25, 0.3) is 0 Å². The Balaban J connectivity index is 2.55. The molecule has 5 atom stereocenters. The summed E-state index contributed by atoms with van der Waals surface area (Å²) in [5, 5.41) is 12.1. The van der Waals surface area contributed by atoms with Gasteiger partial charge in [-0.25, -0.2) is 0 Å². The molecule has 0 spiro atoms. The molecule has 0 aromatic heterocycles. The number of allylic oxidation sites excluding steroid dienone is 2. The molecule has 1 amide bonds. The first-order valence-corrected chi connectivity index (χ1v) is 7.95. The molecule has 1 fully saturated rings. The van der Waals surface area contributed by atoms with Gasteiger partial charge in [-0.2, -0.15) is 0 Å². The minimum absolute atomic E-state index is 0.00174. The number of carbonyl (C=O) groups is 1. The summed E-state index contributed by atoms with van der Waals surface area (Å²) >= 11 is 0. The van der Waals surface area contributed by atoms with Gasteiger partial charge in [0, 0.05) is 6.08 Å². The van der Waals surface area contributed by atoms with Gasteiger partial charge in [0.05, 0.1) is 24.4 Å². The quantitative estimate of drug-likeness (QED) is 0.586. The number of carbonyl (C=O) groups excluding carboxylic acids is 1. The van der Waals surface area contributed by atoms with Gasteiger partial charge in [0.1, 0.15) is 0 Å². The predicted molar refractivity (Wildman–Crippen MR) is 89.4 cm³/mol. The van der Waals surface area contributed by atoms with Crippen molar-refractivity contribution in [3.05, 3.63) is 36.5 Å². The molecule has 2 N–H and O–H groups in total. The number of nitrogens with one attached hydrogen (secondary N) is 1. The molecular weight excluding hydrogens is 278 g/mol. The molecule has 0 aromatic rings. The zero-order chi connectivity index (χ0) is 16.7. The summed E-state index contributed by atoms with van der Waals surface area (Å²) in [5.41, 5.74) is 1.15. The lowest BCUT2D eigenvalue weighted by Crippen LogP contribution is -2.50. The molecule has 0 bridgehead atoms. The van der Waals surface area contributed by atoms with E-state index in [0.29, 0.717) is 5.92 Å². The van der Waals surface area contributed by atoms with Gasteiger partial charge in [-0.3, -0.25) is 4.79 Å². The van der Waals surface area contributed by atoms with Crippen molar-refractivity contribution >= 4 is 5.91 Å². The van der Waals surface area contributed by atoms with Crippen LogP contribution in [-0.4, -0.2) is 35.4 Å². The summed E-state index contributed by atoms with van der Waals surface area (Å²) in [6.45, 7) is 11.5. The van der Waals surface area contributed by atoms with Crippen LogP contribution < -0.4 is 5.32 Å². The van der Waals surface area contributed by atoms with E-state index in [2.05, 4.69) is 24.9 Å². The van der Waals surface area contributed by atoms with Gasteiger partial charge < -0.3 is 15.2 Å². The highest BCUT2D eigenvalue weighted by atomic mass is 16.5. The number of hydrogen-bond donors (Lipinski definition) is 2. The van der Waals surface area contributed by atoms with Crippen LogP contribution in [0.2, 0.25) is 0 Å². The van der Waals surface area contributed by atoms with Crippen LogP contribution in [0.3, 0.4) is 0 Å². The molecule has 4 heteroatoms. The Kier molecular flexibility index (Phi) is 7.56. The van der Waals surface area contributed by atoms with E-state index in [1.807, 2.05) is 19.9 Å². The molecule has 1 rings (SSSR count). The van der Waals surface area contributed by atoms with E-state index in [1.165, 1.54) is 12.2 Å². The molecule has 1 saturated heterocycles. The fourth-order valence-electron chi connectivity index (χ4n) is 2.56. The number of aliphatic hydroxyl groups excluding tert-OH is 1. The average molecular weight is 307 g/mol. The van der Waals surface area contributed by atoms with Crippen molar-refractivity contribution in [2.24, 2.45) is 5.92 Å². The second kappa shape index (κ2) is 8.91. The number of amides is 1. The van der Waals surface area contributed by atoms with Gasteiger partial charge in [-0.15, -0.1) is 0 Å². The molecule has 1 aliphatic heterocycles. The fourth-order valence-corrected chi connectivity index (χ4v) is 2.56. The van der Waals surface area contributed by atoms with Crippen LogP contribution in [0.1, 0.15) is 40.5 Å². The lowest BCUT2D eigenvalue weighted by molar-refractivity contribution is -0.123. The highest BCUT2D eigenvalue weighted by Crippen LogP contribution is 2.27. The number of hydrogen-bond acceptors (Lipinski definition) is 3. The average Bonchev–Trinajstić information content (AvgIpc) is 2.46. The van der Waals surface area contributed by atoms with Crippen molar-refractivity contribution in [2.75, 3.05) is 0 Å². The van der Waals surface area contributed by atoms with Crippen molar-refractivity contribution in [2.45, 2.75) is 64.9 Å². The summed E-state index contributed by atoms with van der Waals surface area (Å²) in [7, 11) is 0. The van der Waals surface area contributed by atoms with Crippen LogP contribution in [0, 0.1) is 5.92 Å². The number of ether oxygens (including phenoxy) is 1. The topological polar surface area (TPSA) is 58.6 Å². The second-order valence-electron chi connectivity index (χ2n) is 6.20. The van der Waals surface area contributed by atoms with Crippen molar-refractivity contribution < 1.29 is 14.6 Å². The minimum Gasteiger partial charge on any atom is -0.389 e. The van der Waals surface area contributed by atoms with Gasteiger partial charge in [0.2, 0.25) is 5.91 Å². The largest absolute Gasteiger partial charge is 0.389 e. The van der Waals surface area contributed by atoms with E-state index >= 15 is 0 Å². The van der Waals surface area contributed by atoms with Gasteiger partial charge in [0.25, 0.3) is 0 Å². The monoisotopic (exact) mass is 307 g/mol. The van der Waals surface area contributed by atoms with Crippen LogP contribution in [-0.2, 0) is 9.53 Å². The Labute approximate surface area is 133 Å². The minimum atomic E-state index is -0.617. The summed E-state index contributed by atoms with van der Waals surface area (Å²) in [6.07, 6.45) is 8.12. The van der Waals surface area contributed by atoms with Crippen molar-refractivity contribution in [3.8, 4) is 0 Å². The van der Waals surface area contributed by atoms with E-state index in [-0.39, 0.29) is 24.2 Å². The Hall–Kier alpha value is -1.39. The Morgan fingerprint density at radius 3 is 2.77 bits per heavy atom. The molecule has 0 radical (unpaired) electrons. The van der Waals surface area contributed by atoms with Crippen molar-refractivity contribution in [1.82, 2.24) is 5.32 Å². The van der Waals surface area contributed by atoms with Gasteiger partial charge in [-0.05, 0) is 39.5 Å². The lowest BCUT2D eigenvalue weighted by atomic mass is 9.88. The third-order valence-corrected chi connectivity index (χ3v) is 4.06. The van der Waals surface area contributed by atoms with E-state index in [0.717, 1.165) is 18.4 Å². The molecule has 1 aliphatic rings. The number of rotatable bonds is 6. The van der Waals surface area contributed by atoms with Gasteiger partial charge in [-0.1, -0.05) is 37.3 Å². The van der Waals surface area contributed by atoms with E-state index in [9.17, 15) is 4.79 Å². The summed E-state index contributed by atoms with van der Waals surface area (Å²) in [4.78, 5) is 11.8. The number of aliphatic hydroxyl groups is 1. The molecule has 0 saturated carbocycles.